The Morgan fingerprint density at radius 1 is 1.21 bits per heavy atom. The number of anilines is 1. The number of hydrogen-bond donors (Lipinski definition) is 1. The van der Waals surface area contributed by atoms with Crippen molar-refractivity contribution in [1.82, 2.24) is 14.9 Å². The second-order valence-electron chi connectivity index (χ2n) is 6.93. The van der Waals surface area contributed by atoms with Crippen LogP contribution in [0.4, 0.5) is 5.13 Å². The Morgan fingerprint density at radius 2 is 1.97 bits per heavy atom. The van der Waals surface area contributed by atoms with Crippen molar-refractivity contribution in [3.63, 3.8) is 0 Å². The standard InChI is InChI=1S/C21H22N4O3S/c1-25(2)12-9-18-19(14-7-10-22-11-8-14)23-21(29-18)24-20(26)17-13-27-15-5-3-4-6-16(15)28-17/h3-8,10-11,17H,9,12-13H2,1-2H3,(H,23,24,26). The topological polar surface area (TPSA) is 76.6 Å². The van der Waals surface area contributed by atoms with Gasteiger partial charge in [0.1, 0.15) is 6.61 Å². The van der Waals surface area contributed by atoms with Crippen LogP contribution in [0.2, 0.25) is 0 Å². The molecule has 7 nitrogen and oxygen atoms in total. The van der Waals surface area contributed by atoms with Gasteiger partial charge in [-0.15, -0.1) is 11.3 Å². The maximum absolute atomic E-state index is 12.7. The van der Waals surface area contributed by atoms with Crippen LogP contribution in [-0.2, 0) is 11.2 Å². The Bertz CT molecular complexity index is 991. The fourth-order valence-electron chi connectivity index (χ4n) is 2.97. The van der Waals surface area contributed by atoms with E-state index < -0.39 is 6.10 Å². The predicted molar refractivity (Wildman–Crippen MR) is 113 cm³/mol. The smallest absolute Gasteiger partial charge is 0.270 e. The number of para-hydroxylation sites is 2. The maximum Gasteiger partial charge on any atom is 0.270 e. The number of hydrogen-bond acceptors (Lipinski definition) is 7. The van der Waals surface area contributed by atoms with E-state index in [9.17, 15) is 4.79 Å². The van der Waals surface area contributed by atoms with Crippen LogP contribution in [0.5, 0.6) is 11.5 Å². The number of thiazole rings is 1. The van der Waals surface area contributed by atoms with Gasteiger partial charge in [0.15, 0.2) is 16.6 Å². The number of benzene rings is 1. The van der Waals surface area contributed by atoms with Crippen LogP contribution in [0.15, 0.2) is 48.8 Å². The van der Waals surface area contributed by atoms with Crippen LogP contribution in [0.1, 0.15) is 4.88 Å². The molecule has 29 heavy (non-hydrogen) atoms. The number of ether oxygens (including phenoxy) is 2. The zero-order chi connectivity index (χ0) is 20.2. The van der Waals surface area contributed by atoms with E-state index in [1.807, 2.05) is 44.4 Å². The molecule has 1 atom stereocenters. The van der Waals surface area contributed by atoms with Gasteiger partial charge in [-0.25, -0.2) is 4.98 Å². The SMILES string of the molecule is CN(C)CCc1sc(NC(=O)C2COc3ccccc3O2)nc1-c1ccncc1. The van der Waals surface area contributed by atoms with Crippen LogP contribution in [0, 0.1) is 0 Å². The van der Waals surface area contributed by atoms with E-state index in [1.165, 1.54) is 11.3 Å². The summed E-state index contributed by atoms with van der Waals surface area (Å²) in [6.45, 7) is 1.06. The number of amides is 1. The molecule has 2 aromatic heterocycles. The van der Waals surface area contributed by atoms with Crippen molar-refractivity contribution in [3.05, 3.63) is 53.7 Å². The van der Waals surface area contributed by atoms with E-state index in [2.05, 4.69) is 20.2 Å². The highest BCUT2D eigenvalue weighted by molar-refractivity contribution is 7.16. The Kier molecular flexibility index (Phi) is 5.73. The molecule has 0 bridgehead atoms. The highest BCUT2D eigenvalue weighted by atomic mass is 32.1. The molecule has 1 amide bonds. The molecule has 0 radical (unpaired) electrons. The molecule has 1 aliphatic rings. The van der Waals surface area contributed by atoms with Gasteiger partial charge >= 0.3 is 0 Å². The van der Waals surface area contributed by atoms with Gasteiger partial charge in [-0.1, -0.05) is 12.1 Å². The molecule has 0 aliphatic carbocycles. The number of aromatic nitrogens is 2. The summed E-state index contributed by atoms with van der Waals surface area (Å²) in [5.74, 6) is 0.951. The summed E-state index contributed by atoms with van der Waals surface area (Å²) in [6, 6.07) is 11.2. The van der Waals surface area contributed by atoms with Crippen LogP contribution in [0.25, 0.3) is 11.3 Å². The van der Waals surface area contributed by atoms with Gasteiger partial charge in [0.25, 0.3) is 5.91 Å². The van der Waals surface area contributed by atoms with Crippen molar-refractivity contribution in [2.24, 2.45) is 0 Å². The van der Waals surface area contributed by atoms with Gasteiger partial charge in [0.2, 0.25) is 6.10 Å². The van der Waals surface area contributed by atoms with E-state index in [1.54, 1.807) is 18.5 Å². The van der Waals surface area contributed by atoms with Crippen molar-refractivity contribution in [3.8, 4) is 22.8 Å². The Balaban J connectivity index is 1.52. The first-order chi connectivity index (χ1) is 14.1. The first-order valence-electron chi connectivity index (χ1n) is 9.34. The van der Waals surface area contributed by atoms with Crippen LogP contribution < -0.4 is 14.8 Å². The molecular weight excluding hydrogens is 388 g/mol. The minimum absolute atomic E-state index is 0.166. The van der Waals surface area contributed by atoms with Crippen molar-refractivity contribution < 1.29 is 14.3 Å². The number of rotatable bonds is 6. The van der Waals surface area contributed by atoms with Gasteiger partial charge < -0.3 is 14.4 Å². The number of carbonyl (C=O) groups excluding carboxylic acids is 1. The number of fused-ring (bicyclic) bond motifs is 1. The molecule has 8 heteroatoms. The lowest BCUT2D eigenvalue weighted by Gasteiger charge is -2.25. The van der Waals surface area contributed by atoms with Crippen LogP contribution in [0.3, 0.4) is 0 Å². The van der Waals surface area contributed by atoms with Crippen molar-refractivity contribution >= 4 is 22.4 Å². The summed E-state index contributed by atoms with van der Waals surface area (Å²) in [6.07, 6.45) is 3.61. The number of likely N-dealkylation sites (N-methyl/N-ethyl adjacent to an activating group) is 1. The minimum atomic E-state index is -0.719. The number of pyridine rings is 1. The van der Waals surface area contributed by atoms with E-state index in [0.717, 1.165) is 29.1 Å². The molecule has 3 aromatic rings. The van der Waals surface area contributed by atoms with Crippen molar-refractivity contribution in [2.45, 2.75) is 12.5 Å². The zero-order valence-electron chi connectivity index (χ0n) is 16.3. The fourth-order valence-corrected chi connectivity index (χ4v) is 3.95. The lowest BCUT2D eigenvalue weighted by Crippen LogP contribution is -2.40. The van der Waals surface area contributed by atoms with Crippen molar-refractivity contribution in [2.75, 3.05) is 32.6 Å². The molecule has 150 valence electrons. The third kappa shape index (κ3) is 4.55. The zero-order valence-corrected chi connectivity index (χ0v) is 17.1. The molecule has 0 saturated carbocycles. The molecule has 0 fully saturated rings. The summed E-state index contributed by atoms with van der Waals surface area (Å²) < 4.78 is 11.4. The third-order valence-corrected chi connectivity index (χ3v) is 5.50. The summed E-state index contributed by atoms with van der Waals surface area (Å²) in [7, 11) is 4.07. The van der Waals surface area contributed by atoms with E-state index >= 15 is 0 Å². The average molecular weight is 410 g/mol. The number of nitrogens with one attached hydrogen (secondary N) is 1. The van der Waals surface area contributed by atoms with E-state index in [0.29, 0.717) is 16.6 Å². The van der Waals surface area contributed by atoms with Gasteiger partial charge in [-0.2, -0.15) is 0 Å². The average Bonchev–Trinajstić information content (AvgIpc) is 3.15. The molecule has 1 N–H and O–H groups in total. The second kappa shape index (κ2) is 8.59. The summed E-state index contributed by atoms with van der Waals surface area (Å²) in [5, 5.41) is 3.45. The normalized spacial score (nSPS) is 15.3. The molecule has 0 saturated heterocycles. The first-order valence-corrected chi connectivity index (χ1v) is 10.2. The summed E-state index contributed by atoms with van der Waals surface area (Å²) in [4.78, 5) is 24.7. The van der Waals surface area contributed by atoms with Crippen LogP contribution in [-0.4, -0.2) is 54.1 Å². The second-order valence-corrected chi connectivity index (χ2v) is 8.02. The predicted octanol–water partition coefficient (Wildman–Crippen LogP) is 3.09. The molecular formula is C21H22N4O3S. The molecule has 3 heterocycles. The molecule has 0 spiro atoms. The largest absolute Gasteiger partial charge is 0.485 e. The Hall–Kier alpha value is -2.97. The van der Waals surface area contributed by atoms with E-state index in [-0.39, 0.29) is 12.5 Å². The summed E-state index contributed by atoms with van der Waals surface area (Å²) in [5.41, 5.74) is 1.86. The van der Waals surface area contributed by atoms with Crippen LogP contribution >= 0.6 is 11.3 Å². The minimum Gasteiger partial charge on any atom is -0.485 e. The number of nitrogens with zero attached hydrogens (tertiary/aromatic N) is 3. The third-order valence-electron chi connectivity index (χ3n) is 4.47. The first kappa shape index (κ1) is 19.4. The van der Waals surface area contributed by atoms with Gasteiger partial charge in [-0.05, 0) is 44.8 Å². The molecule has 4 rings (SSSR count). The van der Waals surface area contributed by atoms with E-state index in [4.69, 9.17) is 9.47 Å². The molecule has 1 unspecified atom stereocenters. The highest BCUT2D eigenvalue weighted by Crippen LogP contribution is 2.33. The monoisotopic (exact) mass is 410 g/mol. The summed E-state index contributed by atoms with van der Waals surface area (Å²) >= 11 is 1.49. The van der Waals surface area contributed by atoms with Gasteiger partial charge in [-0.3, -0.25) is 15.1 Å². The van der Waals surface area contributed by atoms with Gasteiger partial charge in [0.05, 0.1) is 5.69 Å². The lowest BCUT2D eigenvalue weighted by molar-refractivity contribution is -0.125. The Morgan fingerprint density at radius 3 is 2.72 bits per heavy atom. The quantitative estimate of drug-likeness (QED) is 0.673. The Labute approximate surface area is 173 Å². The molecule has 1 aromatic carbocycles. The molecule has 1 aliphatic heterocycles. The highest BCUT2D eigenvalue weighted by Gasteiger charge is 2.28. The van der Waals surface area contributed by atoms with Crippen molar-refractivity contribution in [1.29, 1.82) is 0 Å². The van der Waals surface area contributed by atoms with Gasteiger partial charge in [0, 0.05) is 29.4 Å². The lowest BCUT2D eigenvalue weighted by atomic mass is 10.1. The maximum atomic E-state index is 12.7. The fraction of sp³-hybridized carbons (Fsp3) is 0.286. The number of carbonyl (C=O) groups is 1.